The maximum atomic E-state index is 11.4. The van der Waals surface area contributed by atoms with Crippen molar-refractivity contribution < 1.29 is 4.79 Å². The Morgan fingerprint density at radius 2 is 2.13 bits per heavy atom. The summed E-state index contributed by atoms with van der Waals surface area (Å²) in [5.74, 6) is -0.0826. The van der Waals surface area contributed by atoms with Gasteiger partial charge in [0.1, 0.15) is 0 Å². The first-order valence-corrected chi connectivity index (χ1v) is 5.23. The molecule has 1 aromatic rings. The van der Waals surface area contributed by atoms with Gasteiger partial charge in [0.25, 0.3) is 0 Å². The molecule has 3 nitrogen and oxygen atoms in total. The van der Waals surface area contributed by atoms with Gasteiger partial charge in [-0.05, 0) is 24.5 Å². The van der Waals surface area contributed by atoms with Crippen molar-refractivity contribution in [1.29, 1.82) is 0 Å². The van der Waals surface area contributed by atoms with Gasteiger partial charge in [0.15, 0.2) is 0 Å². The summed E-state index contributed by atoms with van der Waals surface area (Å²) >= 11 is 0. The fourth-order valence-electron chi connectivity index (χ4n) is 1.31. The Hall–Kier alpha value is -1.35. The van der Waals surface area contributed by atoms with Crippen molar-refractivity contribution >= 4 is 5.91 Å². The van der Waals surface area contributed by atoms with Crippen LogP contribution in [-0.4, -0.2) is 11.9 Å². The molecule has 1 aromatic carbocycles. The van der Waals surface area contributed by atoms with Crippen molar-refractivity contribution in [3.8, 4) is 0 Å². The largest absolute Gasteiger partial charge is 0.351 e. The van der Waals surface area contributed by atoms with Crippen molar-refractivity contribution in [1.82, 2.24) is 5.32 Å². The van der Waals surface area contributed by atoms with E-state index < -0.39 is 6.04 Å². The van der Waals surface area contributed by atoms with Crippen LogP contribution in [0.4, 0.5) is 0 Å². The monoisotopic (exact) mass is 206 g/mol. The standard InChI is InChI=1S/C12H18N2O/c1-3-11(13)12(15)14-8-10-7-5-4-6-9(10)2/h4-7,11H,3,8,13H2,1-2H3,(H,14,15)/t11-/m0/s1. The van der Waals surface area contributed by atoms with Gasteiger partial charge in [-0.25, -0.2) is 0 Å². The van der Waals surface area contributed by atoms with Crippen LogP contribution < -0.4 is 11.1 Å². The number of amides is 1. The van der Waals surface area contributed by atoms with Crippen LogP contribution >= 0.6 is 0 Å². The quantitative estimate of drug-likeness (QED) is 0.781. The maximum Gasteiger partial charge on any atom is 0.237 e. The lowest BCUT2D eigenvalue weighted by atomic mass is 10.1. The molecular formula is C12H18N2O. The van der Waals surface area contributed by atoms with Crippen molar-refractivity contribution in [2.24, 2.45) is 5.73 Å². The van der Waals surface area contributed by atoms with E-state index in [1.807, 2.05) is 38.1 Å². The minimum atomic E-state index is -0.394. The third-order valence-corrected chi connectivity index (χ3v) is 2.49. The average Bonchev–Trinajstić information content (AvgIpc) is 2.26. The SMILES string of the molecule is CC[C@H](N)C(=O)NCc1ccccc1C. The highest BCUT2D eigenvalue weighted by atomic mass is 16.2. The van der Waals surface area contributed by atoms with Crippen LogP contribution in [-0.2, 0) is 11.3 Å². The number of carbonyl (C=O) groups excluding carboxylic acids is 1. The lowest BCUT2D eigenvalue weighted by Gasteiger charge is -2.11. The molecule has 0 radical (unpaired) electrons. The van der Waals surface area contributed by atoms with E-state index in [2.05, 4.69) is 5.32 Å². The summed E-state index contributed by atoms with van der Waals surface area (Å²) in [6, 6.07) is 7.59. The molecule has 0 unspecified atom stereocenters. The number of benzene rings is 1. The van der Waals surface area contributed by atoms with Crippen LogP contribution in [0.5, 0.6) is 0 Å². The second-order valence-electron chi connectivity index (χ2n) is 3.66. The highest BCUT2D eigenvalue weighted by Crippen LogP contribution is 2.06. The van der Waals surface area contributed by atoms with Gasteiger partial charge in [-0.3, -0.25) is 4.79 Å². The lowest BCUT2D eigenvalue weighted by Crippen LogP contribution is -2.39. The molecule has 0 saturated heterocycles. The lowest BCUT2D eigenvalue weighted by molar-refractivity contribution is -0.122. The van der Waals surface area contributed by atoms with E-state index in [9.17, 15) is 4.79 Å². The molecule has 1 amide bonds. The van der Waals surface area contributed by atoms with Gasteiger partial charge in [-0.15, -0.1) is 0 Å². The van der Waals surface area contributed by atoms with E-state index in [0.717, 1.165) is 5.56 Å². The first kappa shape index (κ1) is 11.7. The first-order valence-electron chi connectivity index (χ1n) is 5.23. The maximum absolute atomic E-state index is 11.4. The Balaban J connectivity index is 2.51. The molecule has 1 rings (SSSR count). The summed E-state index contributed by atoms with van der Waals surface area (Å²) in [7, 11) is 0. The molecule has 0 spiro atoms. The minimum Gasteiger partial charge on any atom is -0.351 e. The van der Waals surface area contributed by atoms with Crippen LogP contribution in [0.2, 0.25) is 0 Å². The summed E-state index contributed by atoms with van der Waals surface area (Å²) in [5, 5.41) is 2.83. The fourth-order valence-corrected chi connectivity index (χ4v) is 1.31. The number of hydrogen-bond donors (Lipinski definition) is 2. The molecule has 0 aromatic heterocycles. The Bertz CT molecular complexity index is 336. The average molecular weight is 206 g/mol. The molecule has 0 fully saturated rings. The molecule has 15 heavy (non-hydrogen) atoms. The predicted octanol–water partition coefficient (Wildman–Crippen LogP) is 1.35. The second-order valence-corrected chi connectivity index (χ2v) is 3.66. The van der Waals surface area contributed by atoms with Gasteiger partial charge in [0.05, 0.1) is 6.04 Å². The van der Waals surface area contributed by atoms with Gasteiger partial charge in [-0.1, -0.05) is 31.2 Å². The molecule has 1 atom stereocenters. The number of rotatable bonds is 4. The molecule has 0 heterocycles. The molecule has 0 aliphatic carbocycles. The van der Waals surface area contributed by atoms with Crippen LogP contribution in [0.25, 0.3) is 0 Å². The smallest absolute Gasteiger partial charge is 0.237 e. The molecule has 0 saturated carbocycles. The minimum absolute atomic E-state index is 0.0826. The second kappa shape index (κ2) is 5.51. The predicted molar refractivity (Wildman–Crippen MR) is 61.3 cm³/mol. The summed E-state index contributed by atoms with van der Waals surface area (Å²) in [5.41, 5.74) is 7.92. The molecule has 0 bridgehead atoms. The fraction of sp³-hybridized carbons (Fsp3) is 0.417. The van der Waals surface area contributed by atoms with Gasteiger partial charge in [0.2, 0.25) is 5.91 Å². The number of hydrogen-bond acceptors (Lipinski definition) is 2. The van der Waals surface area contributed by atoms with Crippen LogP contribution in [0.1, 0.15) is 24.5 Å². The van der Waals surface area contributed by atoms with Gasteiger partial charge >= 0.3 is 0 Å². The Morgan fingerprint density at radius 3 is 2.73 bits per heavy atom. The van der Waals surface area contributed by atoms with Crippen LogP contribution in [0, 0.1) is 6.92 Å². The Morgan fingerprint density at radius 1 is 1.47 bits per heavy atom. The van der Waals surface area contributed by atoms with Gasteiger partial charge in [-0.2, -0.15) is 0 Å². The van der Waals surface area contributed by atoms with E-state index in [4.69, 9.17) is 5.73 Å². The van der Waals surface area contributed by atoms with E-state index >= 15 is 0 Å². The van der Waals surface area contributed by atoms with E-state index in [0.29, 0.717) is 13.0 Å². The van der Waals surface area contributed by atoms with E-state index in [1.165, 1.54) is 5.56 Å². The topological polar surface area (TPSA) is 55.1 Å². The first-order chi connectivity index (χ1) is 7.15. The zero-order valence-corrected chi connectivity index (χ0v) is 9.29. The molecular weight excluding hydrogens is 188 g/mol. The third-order valence-electron chi connectivity index (χ3n) is 2.49. The molecule has 3 heteroatoms. The summed E-state index contributed by atoms with van der Waals surface area (Å²) in [6.07, 6.45) is 0.666. The molecule has 82 valence electrons. The zero-order chi connectivity index (χ0) is 11.3. The third kappa shape index (κ3) is 3.36. The number of nitrogens with two attached hydrogens (primary N) is 1. The van der Waals surface area contributed by atoms with E-state index in [1.54, 1.807) is 0 Å². The molecule has 0 aliphatic heterocycles. The molecule has 3 N–H and O–H groups in total. The van der Waals surface area contributed by atoms with Crippen molar-refractivity contribution in [3.63, 3.8) is 0 Å². The van der Waals surface area contributed by atoms with Crippen LogP contribution in [0.15, 0.2) is 24.3 Å². The Labute approximate surface area is 90.7 Å². The zero-order valence-electron chi connectivity index (χ0n) is 9.29. The number of carbonyl (C=O) groups is 1. The summed E-state index contributed by atoms with van der Waals surface area (Å²) in [6.45, 7) is 4.48. The van der Waals surface area contributed by atoms with E-state index in [-0.39, 0.29) is 5.91 Å². The summed E-state index contributed by atoms with van der Waals surface area (Å²) in [4.78, 5) is 11.4. The molecule has 0 aliphatic rings. The van der Waals surface area contributed by atoms with Crippen molar-refractivity contribution in [2.75, 3.05) is 0 Å². The number of aryl methyl sites for hydroxylation is 1. The van der Waals surface area contributed by atoms with Gasteiger partial charge in [0, 0.05) is 6.54 Å². The van der Waals surface area contributed by atoms with Crippen LogP contribution in [0.3, 0.4) is 0 Å². The van der Waals surface area contributed by atoms with Crippen molar-refractivity contribution in [2.45, 2.75) is 32.9 Å². The summed E-state index contributed by atoms with van der Waals surface area (Å²) < 4.78 is 0. The normalized spacial score (nSPS) is 12.2. The highest BCUT2D eigenvalue weighted by molar-refractivity contribution is 5.81. The Kier molecular flexibility index (Phi) is 4.31. The number of nitrogens with one attached hydrogen (secondary N) is 1. The van der Waals surface area contributed by atoms with Gasteiger partial charge < -0.3 is 11.1 Å². The van der Waals surface area contributed by atoms with Crippen molar-refractivity contribution in [3.05, 3.63) is 35.4 Å². The highest BCUT2D eigenvalue weighted by Gasteiger charge is 2.09.